The maximum Gasteiger partial charge on any atom is 0.354 e. The number of rotatable bonds is 2. The van der Waals surface area contributed by atoms with Crippen LogP contribution in [0, 0.1) is 12.3 Å². The van der Waals surface area contributed by atoms with Crippen molar-refractivity contribution < 1.29 is 13.7 Å². The minimum absolute atomic E-state index is 0.0918. The molecule has 0 bridgehead atoms. The van der Waals surface area contributed by atoms with E-state index in [1.165, 1.54) is 6.20 Å². The maximum absolute atomic E-state index is 12.8. The fourth-order valence-corrected chi connectivity index (χ4v) is 3.58. The van der Waals surface area contributed by atoms with Gasteiger partial charge in [-0.3, -0.25) is 0 Å². The minimum atomic E-state index is -3.47. The van der Waals surface area contributed by atoms with E-state index in [1.807, 2.05) is 26.8 Å². The van der Waals surface area contributed by atoms with Gasteiger partial charge in [-0.25, -0.2) is 18.8 Å². The van der Waals surface area contributed by atoms with Gasteiger partial charge >= 0.3 is 6.03 Å². The number of urea groups is 1. The summed E-state index contributed by atoms with van der Waals surface area (Å²) in [5.74, 6) is 0.305. The number of hydrogen-bond acceptors (Lipinski definition) is 4. The normalized spacial score (nSPS) is 17.8. The largest absolute Gasteiger partial charge is 0.476 e. The van der Waals surface area contributed by atoms with Crippen LogP contribution in [0.3, 0.4) is 0 Å². The highest BCUT2D eigenvalue weighted by Gasteiger charge is 2.31. The number of fused-ring (bicyclic) bond motifs is 1. The summed E-state index contributed by atoms with van der Waals surface area (Å²) in [5, 5.41) is 12.5. The van der Waals surface area contributed by atoms with Crippen molar-refractivity contribution in [1.82, 2.24) is 9.78 Å². The van der Waals surface area contributed by atoms with Crippen molar-refractivity contribution in [3.63, 3.8) is 0 Å². The molecule has 1 aromatic heterocycles. The quantitative estimate of drug-likeness (QED) is 0.854. The zero-order valence-corrected chi connectivity index (χ0v) is 15.2. The number of amides is 2. The number of nitrogens with zero attached hydrogens (tertiary/aromatic N) is 3. The summed E-state index contributed by atoms with van der Waals surface area (Å²) in [5.41, 5.74) is 1.44. The maximum atomic E-state index is 12.8. The summed E-state index contributed by atoms with van der Waals surface area (Å²) in [6.45, 7) is 7.02. The van der Waals surface area contributed by atoms with Crippen LogP contribution < -0.4 is 15.2 Å². The Hall–Kier alpha value is -2.39. The molecular formula is C16H21N5O3S. The first-order chi connectivity index (χ1) is 11.7. The van der Waals surface area contributed by atoms with Crippen molar-refractivity contribution in [1.29, 1.82) is 0 Å². The van der Waals surface area contributed by atoms with Gasteiger partial charge in [0.05, 0.1) is 19.3 Å². The Bertz CT molecular complexity index is 941. The molecule has 2 heterocycles. The van der Waals surface area contributed by atoms with Crippen LogP contribution in [-0.4, -0.2) is 26.6 Å². The van der Waals surface area contributed by atoms with E-state index < -0.39 is 15.9 Å². The Balaban J connectivity index is 1.87. The van der Waals surface area contributed by atoms with Crippen molar-refractivity contribution >= 4 is 21.6 Å². The molecule has 0 fully saturated rings. The van der Waals surface area contributed by atoms with Crippen molar-refractivity contribution in [3.05, 3.63) is 36.0 Å². The molecule has 2 amide bonds. The second-order valence-electron chi connectivity index (χ2n) is 6.88. The van der Waals surface area contributed by atoms with Crippen LogP contribution in [0.4, 0.5) is 10.5 Å². The molecule has 1 aromatic carbocycles. The molecular weight excluding hydrogens is 342 g/mol. The third-order valence-electron chi connectivity index (χ3n) is 3.74. The second kappa shape index (κ2) is 6.16. The predicted molar refractivity (Wildman–Crippen MR) is 94.7 cm³/mol. The van der Waals surface area contributed by atoms with E-state index in [0.717, 1.165) is 5.56 Å². The highest BCUT2D eigenvalue weighted by atomic mass is 32.2. The van der Waals surface area contributed by atoms with Gasteiger partial charge in [0.25, 0.3) is 0 Å². The predicted octanol–water partition coefficient (Wildman–Crippen LogP) is 2.54. The van der Waals surface area contributed by atoms with Crippen molar-refractivity contribution in [2.75, 3.05) is 11.9 Å². The van der Waals surface area contributed by atoms with Crippen LogP contribution in [0.5, 0.6) is 5.88 Å². The lowest BCUT2D eigenvalue weighted by atomic mass is 9.94. The lowest BCUT2D eigenvalue weighted by Crippen LogP contribution is -2.33. The summed E-state index contributed by atoms with van der Waals surface area (Å²) in [4.78, 5) is 12.2. The summed E-state index contributed by atoms with van der Waals surface area (Å²) in [6.07, 6.45) is 1.35. The number of hydrogen-bond donors (Lipinski definition) is 2. The van der Waals surface area contributed by atoms with Crippen LogP contribution in [0.25, 0.3) is 0 Å². The Morgan fingerprint density at radius 2 is 2.24 bits per heavy atom. The smallest absolute Gasteiger partial charge is 0.354 e. The molecule has 3 rings (SSSR count). The number of aryl methyl sites for hydroxylation is 1. The topological polar surface area (TPSA) is 112 Å². The molecule has 1 atom stereocenters. The first-order valence-corrected chi connectivity index (χ1v) is 9.35. The van der Waals surface area contributed by atoms with Gasteiger partial charge < -0.3 is 10.1 Å². The van der Waals surface area contributed by atoms with E-state index in [9.17, 15) is 9.00 Å². The highest BCUT2D eigenvalue weighted by molar-refractivity contribution is 7.91. The molecule has 0 saturated heterocycles. The first kappa shape index (κ1) is 17.4. The molecule has 25 heavy (non-hydrogen) atoms. The van der Waals surface area contributed by atoms with E-state index in [1.54, 1.807) is 22.9 Å². The third-order valence-corrected chi connectivity index (χ3v) is 5.09. The van der Waals surface area contributed by atoms with Crippen LogP contribution >= 0.6 is 0 Å². The average Bonchev–Trinajstić information content (AvgIpc) is 2.88. The third kappa shape index (κ3) is 3.83. The van der Waals surface area contributed by atoms with Gasteiger partial charge in [-0.1, -0.05) is 26.0 Å². The lowest BCUT2D eigenvalue weighted by molar-refractivity contribution is 0.0972. The van der Waals surface area contributed by atoms with Crippen LogP contribution in [0.15, 0.2) is 39.7 Å². The molecule has 1 aliphatic heterocycles. The molecule has 134 valence electrons. The summed E-state index contributed by atoms with van der Waals surface area (Å²) in [7, 11) is -3.47. The molecule has 0 spiro atoms. The number of carbonyl (C=O) groups excluding carboxylic acids is 1. The Morgan fingerprint density at radius 1 is 1.48 bits per heavy atom. The van der Waals surface area contributed by atoms with Crippen LogP contribution in [0.1, 0.15) is 19.4 Å². The molecule has 2 aromatic rings. The van der Waals surface area contributed by atoms with Crippen molar-refractivity contribution in [3.8, 4) is 5.88 Å². The van der Waals surface area contributed by atoms with E-state index in [0.29, 0.717) is 24.7 Å². The number of carbonyl (C=O) groups is 1. The number of nitrogens with two attached hydrogens (primary N) is 1. The Labute approximate surface area is 146 Å². The van der Waals surface area contributed by atoms with Crippen LogP contribution in [-0.2, 0) is 16.5 Å². The molecule has 1 aliphatic rings. The van der Waals surface area contributed by atoms with E-state index in [2.05, 4.69) is 14.8 Å². The molecule has 8 nitrogen and oxygen atoms in total. The molecule has 0 saturated carbocycles. The lowest BCUT2D eigenvalue weighted by Gasteiger charge is -2.30. The zero-order chi connectivity index (χ0) is 18.2. The number of anilines is 1. The van der Waals surface area contributed by atoms with Crippen molar-refractivity contribution in [2.45, 2.75) is 32.2 Å². The summed E-state index contributed by atoms with van der Waals surface area (Å²) in [6, 6.07) is 6.41. The first-order valence-electron chi connectivity index (χ1n) is 7.77. The fraction of sp³-hybridized carbons (Fsp3) is 0.375. The fourth-order valence-electron chi connectivity index (χ4n) is 2.57. The summed E-state index contributed by atoms with van der Waals surface area (Å²) >= 11 is 0. The van der Waals surface area contributed by atoms with Gasteiger partial charge in [-0.05, 0) is 24.6 Å². The van der Waals surface area contributed by atoms with Gasteiger partial charge in [0.1, 0.15) is 4.90 Å². The number of ether oxygens (including phenoxy) is 1. The van der Waals surface area contributed by atoms with Gasteiger partial charge in [-0.2, -0.15) is 5.10 Å². The average molecular weight is 363 g/mol. The number of benzene rings is 1. The number of aromatic nitrogens is 2. The van der Waals surface area contributed by atoms with E-state index >= 15 is 0 Å². The highest BCUT2D eigenvalue weighted by Crippen LogP contribution is 2.33. The van der Waals surface area contributed by atoms with E-state index in [4.69, 9.17) is 9.88 Å². The number of nitrogens with one attached hydrogen (secondary N) is 1. The van der Waals surface area contributed by atoms with Gasteiger partial charge in [-0.15, -0.1) is 4.36 Å². The van der Waals surface area contributed by atoms with E-state index in [-0.39, 0.29) is 10.3 Å². The monoisotopic (exact) mass is 363 g/mol. The minimum Gasteiger partial charge on any atom is -0.476 e. The zero-order valence-electron chi connectivity index (χ0n) is 14.4. The summed E-state index contributed by atoms with van der Waals surface area (Å²) < 4.78 is 23.7. The molecule has 3 N–H and O–H groups in total. The molecule has 1 unspecified atom stereocenters. The van der Waals surface area contributed by atoms with Gasteiger partial charge in [0.2, 0.25) is 5.88 Å². The van der Waals surface area contributed by atoms with Crippen LogP contribution in [0.2, 0.25) is 0 Å². The SMILES string of the molecule is Cc1cccc(NC(=O)N=S(N)(=O)c2cnn3c2OCC(C)(C)C3)c1. The Kier molecular flexibility index (Phi) is 4.29. The van der Waals surface area contributed by atoms with Gasteiger partial charge in [0.15, 0.2) is 9.92 Å². The molecule has 0 aliphatic carbocycles. The van der Waals surface area contributed by atoms with Gasteiger partial charge in [0, 0.05) is 11.1 Å². The standard InChI is InChI=1S/C16H21N5O3S/c1-11-5-4-6-12(7-11)19-15(22)20-25(17,23)13-8-18-21-9-16(2,3)10-24-14(13)21/h4-8H,9-10H2,1-3H3,(H3,17,19,20,22,23). The van der Waals surface area contributed by atoms with Crippen molar-refractivity contribution in [2.24, 2.45) is 14.9 Å². The second-order valence-corrected chi connectivity index (χ2v) is 8.64. The molecule has 0 radical (unpaired) electrons. The molecule has 9 heteroatoms. The Morgan fingerprint density at radius 3 is 2.96 bits per heavy atom.